The number of rotatable bonds is 10. The van der Waals surface area contributed by atoms with Crippen LogP contribution in [0.2, 0.25) is 0 Å². The molecule has 4 rings (SSSR count). The first-order valence-electron chi connectivity index (χ1n) is 12.1. The van der Waals surface area contributed by atoms with Gasteiger partial charge in [0.2, 0.25) is 0 Å². The molecule has 37 heavy (non-hydrogen) atoms. The molecule has 2 aromatic heterocycles. The fourth-order valence-corrected chi connectivity index (χ4v) is 3.86. The molecule has 2 heterocycles. The van der Waals surface area contributed by atoms with Crippen molar-refractivity contribution in [1.29, 1.82) is 0 Å². The van der Waals surface area contributed by atoms with Gasteiger partial charge in [0, 0.05) is 31.6 Å². The standard InChI is InChI=1S/C28H31N5O4/c1-18-15-21(10-12-24(18)37-22-11-9-19(2)29-16-22)32-27-26-23(30-17-31-27)7-5-8-25(26)36-20(3)28(35)33(4)13-6-14-34/h5,7-12,15-17,20,34H,6,13-14H2,1-4H3,(H,30,31,32)/t20-/m1/s1. The van der Waals surface area contributed by atoms with Crippen LogP contribution in [0.5, 0.6) is 17.2 Å². The molecule has 0 saturated heterocycles. The number of anilines is 2. The number of aliphatic hydroxyl groups is 1. The van der Waals surface area contributed by atoms with E-state index in [0.29, 0.717) is 41.2 Å². The summed E-state index contributed by atoms with van der Waals surface area (Å²) in [6.45, 7) is 6.08. The maximum absolute atomic E-state index is 12.7. The molecule has 9 nitrogen and oxygen atoms in total. The highest BCUT2D eigenvalue weighted by molar-refractivity contribution is 5.96. The molecule has 0 saturated carbocycles. The van der Waals surface area contributed by atoms with Crippen molar-refractivity contribution in [2.45, 2.75) is 33.3 Å². The summed E-state index contributed by atoms with van der Waals surface area (Å²) in [6, 6.07) is 15.1. The van der Waals surface area contributed by atoms with E-state index in [0.717, 1.165) is 22.7 Å². The summed E-state index contributed by atoms with van der Waals surface area (Å²) >= 11 is 0. The van der Waals surface area contributed by atoms with Gasteiger partial charge in [-0.25, -0.2) is 9.97 Å². The minimum atomic E-state index is -0.725. The first-order valence-corrected chi connectivity index (χ1v) is 12.1. The first-order chi connectivity index (χ1) is 17.9. The van der Waals surface area contributed by atoms with Crippen LogP contribution in [-0.2, 0) is 4.79 Å². The SMILES string of the molecule is Cc1ccc(Oc2ccc(Nc3ncnc4cccc(O[C@H](C)C(=O)N(C)CCCO)c34)cc2C)cn1. The highest BCUT2D eigenvalue weighted by atomic mass is 16.5. The molecule has 1 amide bonds. The molecule has 2 aromatic carbocycles. The molecule has 0 aliphatic carbocycles. The molecule has 2 N–H and O–H groups in total. The van der Waals surface area contributed by atoms with E-state index in [1.54, 1.807) is 31.1 Å². The number of likely N-dealkylation sites (N-methyl/N-ethyl adjacent to an activating group) is 1. The molecule has 9 heteroatoms. The Balaban J connectivity index is 1.56. The fourth-order valence-electron chi connectivity index (χ4n) is 3.86. The number of benzene rings is 2. The topological polar surface area (TPSA) is 110 Å². The molecule has 4 aromatic rings. The lowest BCUT2D eigenvalue weighted by Crippen LogP contribution is -2.38. The van der Waals surface area contributed by atoms with Crippen molar-refractivity contribution in [2.24, 2.45) is 0 Å². The second-order valence-corrected chi connectivity index (χ2v) is 8.81. The Morgan fingerprint density at radius 3 is 2.65 bits per heavy atom. The summed E-state index contributed by atoms with van der Waals surface area (Å²) < 4.78 is 12.1. The zero-order valence-electron chi connectivity index (χ0n) is 21.4. The van der Waals surface area contributed by atoms with Crippen molar-refractivity contribution >= 4 is 28.3 Å². The summed E-state index contributed by atoms with van der Waals surface area (Å²) in [4.78, 5) is 27.4. The largest absolute Gasteiger partial charge is 0.480 e. The van der Waals surface area contributed by atoms with Crippen LogP contribution in [0.3, 0.4) is 0 Å². The highest BCUT2D eigenvalue weighted by Crippen LogP contribution is 2.34. The van der Waals surface area contributed by atoms with Crippen molar-refractivity contribution < 1.29 is 19.4 Å². The number of aryl methyl sites for hydroxylation is 2. The van der Waals surface area contributed by atoms with Gasteiger partial charge >= 0.3 is 0 Å². The first kappa shape index (κ1) is 25.8. The highest BCUT2D eigenvalue weighted by Gasteiger charge is 2.21. The lowest BCUT2D eigenvalue weighted by atomic mass is 10.1. The van der Waals surface area contributed by atoms with Gasteiger partial charge in [0.15, 0.2) is 6.10 Å². The van der Waals surface area contributed by atoms with Gasteiger partial charge in [0.1, 0.15) is 29.4 Å². The average molecular weight is 502 g/mol. The number of hydrogen-bond acceptors (Lipinski definition) is 8. The van der Waals surface area contributed by atoms with E-state index in [2.05, 4.69) is 20.3 Å². The third-order valence-corrected chi connectivity index (χ3v) is 5.85. The van der Waals surface area contributed by atoms with Crippen LogP contribution in [0.15, 0.2) is 61.1 Å². The van der Waals surface area contributed by atoms with Crippen molar-refractivity contribution in [1.82, 2.24) is 19.9 Å². The summed E-state index contributed by atoms with van der Waals surface area (Å²) in [6.07, 6.45) is 2.97. The van der Waals surface area contributed by atoms with Gasteiger partial charge in [0.25, 0.3) is 5.91 Å². The third-order valence-electron chi connectivity index (χ3n) is 5.85. The minimum Gasteiger partial charge on any atom is -0.480 e. The predicted octanol–water partition coefficient (Wildman–Crippen LogP) is 4.79. The van der Waals surface area contributed by atoms with Gasteiger partial charge in [-0.15, -0.1) is 0 Å². The normalized spacial score (nSPS) is 11.7. The van der Waals surface area contributed by atoms with Crippen molar-refractivity contribution in [3.8, 4) is 17.2 Å². The van der Waals surface area contributed by atoms with Crippen molar-refractivity contribution in [2.75, 3.05) is 25.5 Å². The lowest BCUT2D eigenvalue weighted by molar-refractivity contribution is -0.136. The number of amides is 1. The van der Waals surface area contributed by atoms with Crippen molar-refractivity contribution in [3.05, 3.63) is 72.3 Å². The van der Waals surface area contributed by atoms with Crippen LogP contribution in [0.25, 0.3) is 10.9 Å². The molecular formula is C28H31N5O4. The molecule has 192 valence electrons. The monoisotopic (exact) mass is 501 g/mol. The molecular weight excluding hydrogens is 470 g/mol. The van der Waals surface area contributed by atoms with Gasteiger partial charge in [-0.2, -0.15) is 0 Å². The molecule has 0 aliphatic rings. The number of nitrogens with zero attached hydrogens (tertiary/aromatic N) is 4. The summed E-state index contributed by atoms with van der Waals surface area (Å²) in [7, 11) is 1.70. The summed E-state index contributed by atoms with van der Waals surface area (Å²) in [5.41, 5.74) is 3.36. The Morgan fingerprint density at radius 2 is 1.92 bits per heavy atom. The number of carbonyl (C=O) groups is 1. The number of carbonyl (C=O) groups excluding carboxylic acids is 1. The van der Waals surface area contributed by atoms with E-state index in [9.17, 15) is 4.79 Å². The molecule has 0 fully saturated rings. The maximum Gasteiger partial charge on any atom is 0.263 e. The second-order valence-electron chi connectivity index (χ2n) is 8.81. The number of ether oxygens (including phenoxy) is 2. The van der Waals surface area contributed by atoms with Gasteiger partial charge in [-0.1, -0.05) is 6.07 Å². The van der Waals surface area contributed by atoms with Gasteiger partial charge in [-0.3, -0.25) is 9.78 Å². The number of nitrogens with one attached hydrogen (secondary N) is 1. The van der Waals surface area contributed by atoms with E-state index in [1.807, 2.05) is 56.3 Å². The summed E-state index contributed by atoms with van der Waals surface area (Å²) in [5, 5.41) is 13.1. The van der Waals surface area contributed by atoms with E-state index in [1.165, 1.54) is 6.33 Å². The van der Waals surface area contributed by atoms with E-state index < -0.39 is 6.10 Å². The Kier molecular flexibility index (Phi) is 8.15. The molecule has 0 radical (unpaired) electrons. The predicted molar refractivity (Wildman–Crippen MR) is 142 cm³/mol. The lowest BCUT2D eigenvalue weighted by Gasteiger charge is -2.22. The van der Waals surface area contributed by atoms with Crippen LogP contribution in [-0.4, -0.2) is 57.2 Å². The number of aromatic nitrogens is 3. The van der Waals surface area contributed by atoms with Crippen LogP contribution in [0.1, 0.15) is 24.6 Å². The molecule has 0 spiro atoms. The van der Waals surface area contributed by atoms with E-state index >= 15 is 0 Å². The Bertz CT molecular complexity index is 1370. The van der Waals surface area contributed by atoms with Gasteiger partial charge in [-0.05, 0) is 75.2 Å². The van der Waals surface area contributed by atoms with Crippen LogP contribution < -0.4 is 14.8 Å². The number of hydrogen-bond donors (Lipinski definition) is 2. The maximum atomic E-state index is 12.7. The molecule has 0 aliphatic heterocycles. The second kappa shape index (κ2) is 11.7. The number of fused-ring (bicyclic) bond motifs is 1. The Hall–Kier alpha value is -4.24. The number of aliphatic hydroxyl groups excluding tert-OH is 1. The third kappa shape index (κ3) is 6.31. The van der Waals surface area contributed by atoms with Gasteiger partial charge in [0.05, 0.1) is 17.1 Å². The van der Waals surface area contributed by atoms with E-state index in [-0.39, 0.29) is 12.5 Å². The van der Waals surface area contributed by atoms with Crippen LogP contribution in [0.4, 0.5) is 11.5 Å². The quantitative estimate of drug-likeness (QED) is 0.319. The molecule has 1 atom stereocenters. The van der Waals surface area contributed by atoms with E-state index in [4.69, 9.17) is 14.6 Å². The van der Waals surface area contributed by atoms with Crippen LogP contribution >= 0.6 is 0 Å². The minimum absolute atomic E-state index is 0.0261. The Morgan fingerprint density at radius 1 is 1.08 bits per heavy atom. The molecule has 0 unspecified atom stereocenters. The number of pyridine rings is 1. The zero-order chi connectivity index (χ0) is 26.4. The fraction of sp³-hybridized carbons (Fsp3) is 0.286. The molecule has 0 bridgehead atoms. The van der Waals surface area contributed by atoms with Crippen molar-refractivity contribution in [3.63, 3.8) is 0 Å². The zero-order valence-corrected chi connectivity index (χ0v) is 21.4. The summed E-state index contributed by atoms with van der Waals surface area (Å²) in [5.74, 6) is 2.28. The van der Waals surface area contributed by atoms with Gasteiger partial charge < -0.3 is 24.8 Å². The smallest absolute Gasteiger partial charge is 0.263 e. The Labute approximate surface area is 216 Å². The van der Waals surface area contributed by atoms with Crippen LogP contribution in [0, 0.1) is 13.8 Å². The average Bonchev–Trinajstić information content (AvgIpc) is 2.89.